The van der Waals surface area contributed by atoms with Crippen molar-refractivity contribution in [2.24, 2.45) is 0 Å². The molecule has 0 aromatic carbocycles. The minimum atomic E-state index is 0.713. The van der Waals surface area contributed by atoms with E-state index in [-0.39, 0.29) is 0 Å². The summed E-state index contributed by atoms with van der Waals surface area (Å²) in [5, 5.41) is 8.80. The molecule has 0 fully saturated rings. The number of H-pyrrole nitrogens is 1. The molecule has 108 valence electrons. The van der Waals surface area contributed by atoms with Crippen molar-refractivity contribution in [3.63, 3.8) is 0 Å². The third kappa shape index (κ3) is 4.79. The molecule has 0 spiro atoms. The number of aryl methyl sites for hydroxylation is 2. The van der Waals surface area contributed by atoms with Gasteiger partial charge in [0.1, 0.15) is 5.82 Å². The molecule has 0 unspecified atom stereocenters. The van der Waals surface area contributed by atoms with Gasteiger partial charge in [-0.1, -0.05) is 36.9 Å². The van der Waals surface area contributed by atoms with Gasteiger partial charge in [0, 0.05) is 17.1 Å². The maximum Gasteiger partial charge on any atom is 0.208 e. The van der Waals surface area contributed by atoms with Crippen LogP contribution in [0.3, 0.4) is 0 Å². The Hall–Kier alpha value is -1.08. The molecule has 0 amide bonds. The van der Waals surface area contributed by atoms with E-state index in [0.717, 1.165) is 33.3 Å². The topological polar surface area (TPSA) is 67.3 Å². The second kappa shape index (κ2) is 7.64. The van der Waals surface area contributed by atoms with E-state index in [1.165, 1.54) is 12.8 Å². The zero-order valence-corrected chi connectivity index (χ0v) is 13.6. The van der Waals surface area contributed by atoms with Gasteiger partial charge in [-0.25, -0.2) is 15.0 Å². The lowest BCUT2D eigenvalue weighted by Crippen LogP contribution is -1.94. The zero-order valence-electron chi connectivity index (χ0n) is 12.0. The molecule has 2 aromatic heterocycles. The van der Waals surface area contributed by atoms with Crippen molar-refractivity contribution < 1.29 is 0 Å². The lowest BCUT2D eigenvalue weighted by Gasteiger charge is -2.01. The fourth-order valence-electron chi connectivity index (χ4n) is 1.61. The summed E-state index contributed by atoms with van der Waals surface area (Å²) in [5.74, 6) is 2.66. The number of aromatic amines is 1. The van der Waals surface area contributed by atoms with Crippen LogP contribution >= 0.6 is 23.5 Å². The fourth-order valence-corrected chi connectivity index (χ4v) is 3.32. The van der Waals surface area contributed by atoms with Crippen molar-refractivity contribution in [2.45, 2.75) is 49.7 Å². The Labute approximate surface area is 127 Å². The minimum Gasteiger partial charge on any atom is -0.261 e. The van der Waals surface area contributed by atoms with Gasteiger partial charge < -0.3 is 0 Å². The first kappa shape index (κ1) is 15.3. The molecule has 2 rings (SSSR count). The van der Waals surface area contributed by atoms with E-state index in [1.54, 1.807) is 23.5 Å². The standard InChI is InChI=1S/C13H19N5S2/c1-4-5-6-19-13-16-11(17-18-13)8-20-12-14-9(2)7-10(3)15-12/h7H,4-6,8H2,1-3H3,(H,16,17,18). The minimum absolute atomic E-state index is 0.713. The van der Waals surface area contributed by atoms with Gasteiger partial charge in [0.15, 0.2) is 5.16 Å². The SMILES string of the molecule is CCCCSc1n[nH]c(CSc2nc(C)cc(C)n2)n1. The molecule has 2 aromatic rings. The third-order valence-corrected chi connectivity index (χ3v) is 4.33. The number of hydrogen-bond acceptors (Lipinski definition) is 6. The first-order valence-electron chi connectivity index (χ1n) is 6.66. The monoisotopic (exact) mass is 309 g/mol. The van der Waals surface area contributed by atoms with E-state index in [2.05, 4.69) is 32.1 Å². The highest BCUT2D eigenvalue weighted by Gasteiger charge is 2.06. The summed E-state index contributed by atoms with van der Waals surface area (Å²) in [5.41, 5.74) is 1.99. The van der Waals surface area contributed by atoms with Crippen molar-refractivity contribution in [1.82, 2.24) is 25.1 Å². The van der Waals surface area contributed by atoms with Crippen LogP contribution in [0.1, 0.15) is 37.0 Å². The largest absolute Gasteiger partial charge is 0.261 e. The zero-order chi connectivity index (χ0) is 14.4. The van der Waals surface area contributed by atoms with Crippen LogP contribution in [0.25, 0.3) is 0 Å². The fraction of sp³-hybridized carbons (Fsp3) is 0.538. The molecule has 2 heterocycles. The average molecular weight is 309 g/mol. The molecule has 0 saturated heterocycles. The lowest BCUT2D eigenvalue weighted by molar-refractivity contribution is 0.889. The third-order valence-electron chi connectivity index (χ3n) is 2.54. The van der Waals surface area contributed by atoms with Crippen LogP contribution in [-0.2, 0) is 5.75 Å². The normalized spacial score (nSPS) is 10.9. The van der Waals surface area contributed by atoms with E-state index in [9.17, 15) is 0 Å². The predicted octanol–water partition coefficient (Wildman–Crippen LogP) is 3.40. The molecule has 5 nitrogen and oxygen atoms in total. The molecule has 0 aliphatic heterocycles. The van der Waals surface area contributed by atoms with Gasteiger partial charge in [-0.05, 0) is 26.3 Å². The highest BCUT2D eigenvalue weighted by molar-refractivity contribution is 7.99. The van der Waals surface area contributed by atoms with E-state index < -0.39 is 0 Å². The second-order valence-electron chi connectivity index (χ2n) is 4.49. The molecule has 0 saturated carbocycles. The maximum absolute atomic E-state index is 4.46. The number of nitrogens with one attached hydrogen (secondary N) is 1. The lowest BCUT2D eigenvalue weighted by atomic mass is 10.4. The number of aromatic nitrogens is 5. The van der Waals surface area contributed by atoms with E-state index >= 15 is 0 Å². The number of rotatable bonds is 7. The van der Waals surface area contributed by atoms with Crippen LogP contribution in [0, 0.1) is 13.8 Å². The number of nitrogens with zero attached hydrogens (tertiary/aromatic N) is 4. The number of thioether (sulfide) groups is 2. The van der Waals surface area contributed by atoms with Crippen LogP contribution in [0.2, 0.25) is 0 Å². The van der Waals surface area contributed by atoms with Crippen LogP contribution in [0.4, 0.5) is 0 Å². The first-order valence-corrected chi connectivity index (χ1v) is 8.63. The average Bonchev–Trinajstić information content (AvgIpc) is 2.84. The summed E-state index contributed by atoms with van der Waals surface area (Å²) >= 11 is 3.28. The van der Waals surface area contributed by atoms with Crippen LogP contribution in [0.5, 0.6) is 0 Å². The number of hydrogen-bond donors (Lipinski definition) is 1. The van der Waals surface area contributed by atoms with Gasteiger partial charge >= 0.3 is 0 Å². The molecule has 0 bridgehead atoms. The molecular formula is C13H19N5S2. The van der Waals surface area contributed by atoms with Crippen molar-refractivity contribution in [3.8, 4) is 0 Å². The molecule has 0 atom stereocenters. The summed E-state index contributed by atoms with van der Waals surface area (Å²) < 4.78 is 0. The van der Waals surface area contributed by atoms with Gasteiger partial charge in [-0.15, -0.1) is 5.10 Å². The van der Waals surface area contributed by atoms with Crippen molar-refractivity contribution >= 4 is 23.5 Å². The summed E-state index contributed by atoms with van der Waals surface area (Å²) in [7, 11) is 0. The van der Waals surface area contributed by atoms with E-state index in [4.69, 9.17) is 0 Å². The molecule has 1 N–H and O–H groups in total. The highest BCUT2D eigenvalue weighted by atomic mass is 32.2. The summed E-state index contributed by atoms with van der Waals surface area (Å²) in [6.45, 7) is 6.15. The van der Waals surface area contributed by atoms with Gasteiger partial charge in [-0.3, -0.25) is 5.10 Å². The molecule has 7 heteroatoms. The Kier molecular flexibility index (Phi) is 5.85. The first-order chi connectivity index (χ1) is 9.67. The Bertz CT molecular complexity index is 535. The smallest absolute Gasteiger partial charge is 0.208 e. The van der Waals surface area contributed by atoms with Gasteiger partial charge in [0.25, 0.3) is 0 Å². The maximum atomic E-state index is 4.46. The van der Waals surface area contributed by atoms with Crippen molar-refractivity contribution in [1.29, 1.82) is 0 Å². The van der Waals surface area contributed by atoms with Gasteiger partial charge in [-0.2, -0.15) is 0 Å². The van der Waals surface area contributed by atoms with Crippen LogP contribution in [0.15, 0.2) is 16.4 Å². The molecule has 20 heavy (non-hydrogen) atoms. The summed E-state index contributed by atoms with van der Waals surface area (Å²) in [4.78, 5) is 13.3. The van der Waals surface area contributed by atoms with E-state index in [0.29, 0.717) is 5.75 Å². The quantitative estimate of drug-likeness (QED) is 0.480. The van der Waals surface area contributed by atoms with Crippen molar-refractivity contribution in [3.05, 3.63) is 23.3 Å². The molecular weight excluding hydrogens is 290 g/mol. The van der Waals surface area contributed by atoms with Crippen LogP contribution in [-0.4, -0.2) is 30.9 Å². The molecule has 0 aliphatic carbocycles. The Balaban J connectivity index is 1.87. The summed E-state index contributed by atoms with van der Waals surface area (Å²) in [6, 6.07) is 1.97. The summed E-state index contributed by atoms with van der Waals surface area (Å²) in [6.07, 6.45) is 2.39. The Morgan fingerprint density at radius 3 is 2.50 bits per heavy atom. The Morgan fingerprint density at radius 1 is 1.05 bits per heavy atom. The number of unbranched alkanes of at least 4 members (excludes halogenated alkanes) is 1. The highest BCUT2D eigenvalue weighted by Crippen LogP contribution is 2.20. The van der Waals surface area contributed by atoms with Crippen molar-refractivity contribution in [2.75, 3.05) is 5.75 Å². The molecule has 0 radical (unpaired) electrons. The predicted molar refractivity (Wildman–Crippen MR) is 83.1 cm³/mol. The Morgan fingerprint density at radius 2 is 1.80 bits per heavy atom. The van der Waals surface area contributed by atoms with E-state index in [1.807, 2.05) is 19.9 Å². The van der Waals surface area contributed by atoms with Crippen LogP contribution < -0.4 is 0 Å². The van der Waals surface area contributed by atoms with Gasteiger partial charge in [0.2, 0.25) is 5.16 Å². The second-order valence-corrected chi connectivity index (χ2v) is 6.49. The van der Waals surface area contributed by atoms with Gasteiger partial charge in [0.05, 0.1) is 5.75 Å². The molecule has 0 aliphatic rings.